The number of nitrogens with two attached hydrogens (primary N) is 1. The van der Waals surface area contributed by atoms with E-state index in [1.165, 1.54) is 18.2 Å². The Hall–Kier alpha value is -1.40. The Morgan fingerprint density at radius 1 is 1.53 bits per heavy atom. The largest absolute Gasteiger partial charge is 0.478 e. The molecule has 0 fully saturated rings. The molecule has 0 radical (unpaired) electrons. The molecule has 1 atom stereocenters. The van der Waals surface area contributed by atoms with E-state index in [9.17, 15) is 9.59 Å². The number of carboxylic acid groups (broad SMARTS) is 1. The van der Waals surface area contributed by atoms with Gasteiger partial charge in [0.05, 0.1) is 11.3 Å². The predicted molar refractivity (Wildman–Crippen MR) is 67.9 cm³/mol. The van der Waals surface area contributed by atoms with Crippen LogP contribution in [0.25, 0.3) is 0 Å². The van der Waals surface area contributed by atoms with Crippen LogP contribution in [0, 0.1) is 5.92 Å². The maximum atomic E-state index is 11.6. The van der Waals surface area contributed by atoms with Crippen LogP contribution in [0.5, 0.6) is 0 Å². The highest BCUT2D eigenvalue weighted by atomic mass is 79.9. The Bertz CT molecular complexity index is 448. The lowest BCUT2D eigenvalue weighted by Crippen LogP contribution is -2.26. The van der Waals surface area contributed by atoms with Crippen LogP contribution in [0.15, 0.2) is 22.7 Å². The standard InChI is InChI=1S/C11H13BrN2O3/c1-6(5-13)10(15)14-9-3-2-7(11(16)17)4-8(9)12/h2-4,6H,5,13H2,1H3,(H,14,15)(H,16,17). The summed E-state index contributed by atoms with van der Waals surface area (Å²) in [6, 6.07) is 4.40. The van der Waals surface area contributed by atoms with Crippen molar-refractivity contribution in [2.75, 3.05) is 11.9 Å². The molecule has 0 aliphatic rings. The molecule has 1 amide bonds. The maximum Gasteiger partial charge on any atom is 0.335 e. The first-order valence-corrected chi connectivity index (χ1v) is 5.78. The van der Waals surface area contributed by atoms with Gasteiger partial charge in [0.15, 0.2) is 0 Å². The number of aromatic carboxylic acids is 1. The van der Waals surface area contributed by atoms with Crippen molar-refractivity contribution in [3.8, 4) is 0 Å². The number of amides is 1. The summed E-state index contributed by atoms with van der Waals surface area (Å²) < 4.78 is 0.523. The topological polar surface area (TPSA) is 92.4 Å². The van der Waals surface area contributed by atoms with E-state index in [1.807, 2.05) is 0 Å². The SMILES string of the molecule is CC(CN)C(=O)Nc1ccc(C(=O)O)cc1Br. The van der Waals surface area contributed by atoms with E-state index >= 15 is 0 Å². The maximum absolute atomic E-state index is 11.6. The fraction of sp³-hybridized carbons (Fsp3) is 0.273. The highest BCUT2D eigenvalue weighted by Gasteiger charge is 2.13. The lowest BCUT2D eigenvalue weighted by Gasteiger charge is -2.11. The summed E-state index contributed by atoms with van der Waals surface area (Å²) in [7, 11) is 0. The Morgan fingerprint density at radius 2 is 2.18 bits per heavy atom. The Morgan fingerprint density at radius 3 is 2.65 bits per heavy atom. The zero-order valence-electron chi connectivity index (χ0n) is 9.24. The third kappa shape index (κ3) is 3.54. The minimum Gasteiger partial charge on any atom is -0.478 e. The van der Waals surface area contributed by atoms with E-state index in [-0.39, 0.29) is 23.9 Å². The molecule has 0 bridgehead atoms. The zero-order valence-corrected chi connectivity index (χ0v) is 10.8. The van der Waals surface area contributed by atoms with E-state index in [0.29, 0.717) is 10.2 Å². The summed E-state index contributed by atoms with van der Waals surface area (Å²) in [4.78, 5) is 22.3. The van der Waals surface area contributed by atoms with Crippen molar-refractivity contribution in [3.05, 3.63) is 28.2 Å². The molecule has 0 saturated carbocycles. The van der Waals surface area contributed by atoms with Gasteiger partial charge in [-0.05, 0) is 34.1 Å². The van der Waals surface area contributed by atoms with Gasteiger partial charge in [-0.3, -0.25) is 4.79 Å². The van der Waals surface area contributed by atoms with Gasteiger partial charge in [-0.1, -0.05) is 6.92 Å². The number of hydrogen-bond acceptors (Lipinski definition) is 3. The molecule has 5 nitrogen and oxygen atoms in total. The minimum atomic E-state index is -1.01. The van der Waals surface area contributed by atoms with Crippen LogP contribution in [-0.4, -0.2) is 23.5 Å². The molecule has 0 heterocycles. The second kappa shape index (κ2) is 5.79. The number of nitrogens with one attached hydrogen (secondary N) is 1. The van der Waals surface area contributed by atoms with Crippen molar-refractivity contribution in [2.24, 2.45) is 11.7 Å². The van der Waals surface area contributed by atoms with E-state index in [4.69, 9.17) is 10.8 Å². The predicted octanol–water partition coefficient (Wildman–Crippen LogP) is 1.68. The zero-order chi connectivity index (χ0) is 13.0. The molecule has 6 heteroatoms. The second-order valence-electron chi connectivity index (χ2n) is 3.63. The summed E-state index contributed by atoms with van der Waals surface area (Å²) in [5.74, 6) is -1.50. The lowest BCUT2D eigenvalue weighted by molar-refractivity contribution is -0.119. The number of carbonyl (C=O) groups is 2. The van der Waals surface area contributed by atoms with Gasteiger partial charge in [0.1, 0.15) is 0 Å². The molecular formula is C11H13BrN2O3. The Balaban J connectivity index is 2.86. The molecule has 0 aromatic heterocycles. The van der Waals surface area contributed by atoms with Crippen molar-refractivity contribution in [3.63, 3.8) is 0 Å². The second-order valence-corrected chi connectivity index (χ2v) is 4.48. The van der Waals surface area contributed by atoms with Crippen molar-refractivity contribution in [1.29, 1.82) is 0 Å². The van der Waals surface area contributed by atoms with E-state index in [2.05, 4.69) is 21.2 Å². The first kappa shape index (κ1) is 13.7. The normalized spacial score (nSPS) is 11.9. The number of anilines is 1. The summed E-state index contributed by atoms with van der Waals surface area (Å²) in [6.45, 7) is 1.98. The highest BCUT2D eigenvalue weighted by Crippen LogP contribution is 2.24. The van der Waals surface area contributed by atoms with Crippen molar-refractivity contribution in [2.45, 2.75) is 6.92 Å². The van der Waals surface area contributed by atoms with Crippen LogP contribution in [0.2, 0.25) is 0 Å². The number of carboxylic acids is 1. The van der Waals surface area contributed by atoms with Gasteiger partial charge < -0.3 is 16.2 Å². The third-order valence-corrected chi connectivity index (χ3v) is 2.93. The van der Waals surface area contributed by atoms with Crippen LogP contribution in [0.4, 0.5) is 5.69 Å². The van der Waals surface area contributed by atoms with Gasteiger partial charge in [0.25, 0.3) is 0 Å². The summed E-state index contributed by atoms with van der Waals surface area (Å²) in [5.41, 5.74) is 6.06. The number of carbonyl (C=O) groups excluding carboxylic acids is 1. The average Bonchev–Trinajstić information content (AvgIpc) is 2.30. The van der Waals surface area contributed by atoms with Gasteiger partial charge >= 0.3 is 5.97 Å². The van der Waals surface area contributed by atoms with Crippen LogP contribution in [0.3, 0.4) is 0 Å². The van der Waals surface area contributed by atoms with Crippen LogP contribution >= 0.6 is 15.9 Å². The molecular weight excluding hydrogens is 288 g/mol. The molecule has 0 saturated heterocycles. The monoisotopic (exact) mass is 300 g/mol. The molecule has 1 rings (SSSR count). The van der Waals surface area contributed by atoms with E-state index in [0.717, 1.165) is 0 Å². The van der Waals surface area contributed by atoms with Gasteiger partial charge in [-0.2, -0.15) is 0 Å². The van der Waals surface area contributed by atoms with Gasteiger partial charge in [0.2, 0.25) is 5.91 Å². The fourth-order valence-corrected chi connectivity index (χ4v) is 1.59. The molecule has 92 valence electrons. The van der Waals surface area contributed by atoms with Crippen molar-refractivity contribution in [1.82, 2.24) is 0 Å². The first-order valence-electron chi connectivity index (χ1n) is 4.99. The summed E-state index contributed by atoms with van der Waals surface area (Å²) in [5, 5.41) is 11.5. The third-order valence-electron chi connectivity index (χ3n) is 2.28. The quantitative estimate of drug-likeness (QED) is 0.789. The molecule has 17 heavy (non-hydrogen) atoms. The summed E-state index contributed by atoms with van der Waals surface area (Å²) in [6.07, 6.45) is 0. The van der Waals surface area contributed by atoms with Crippen molar-refractivity contribution >= 4 is 33.5 Å². The van der Waals surface area contributed by atoms with Crippen LogP contribution in [0.1, 0.15) is 17.3 Å². The van der Waals surface area contributed by atoms with Gasteiger partial charge in [0, 0.05) is 16.9 Å². The first-order chi connectivity index (χ1) is 7.95. The molecule has 0 aliphatic carbocycles. The fourth-order valence-electron chi connectivity index (χ4n) is 1.11. The molecule has 1 aromatic carbocycles. The number of hydrogen-bond donors (Lipinski definition) is 3. The Labute approximate surface area is 107 Å². The van der Waals surface area contributed by atoms with E-state index < -0.39 is 5.97 Å². The molecule has 1 aromatic rings. The molecule has 0 aliphatic heterocycles. The number of halogens is 1. The van der Waals surface area contributed by atoms with E-state index in [1.54, 1.807) is 6.92 Å². The minimum absolute atomic E-state index is 0.154. The summed E-state index contributed by atoms with van der Waals surface area (Å²) >= 11 is 3.21. The smallest absolute Gasteiger partial charge is 0.335 e. The number of benzene rings is 1. The highest BCUT2D eigenvalue weighted by molar-refractivity contribution is 9.10. The van der Waals surface area contributed by atoms with Crippen molar-refractivity contribution < 1.29 is 14.7 Å². The molecule has 1 unspecified atom stereocenters. The lowest BCUT2D eigenvalue weighted by atomic mass is 10.1. The molecule has 0 spiro atoms. The number of rotatable bonds is 4. The molecule has 4 N–H and O–H groups in total. The van der Waals surface area contributed by atoms with Crippen LogP contribution < -0.4 is 11.1 Å². The van der Waals surface area contributed by atoms with Crippen LogP contribution in [-0.2, 0) is 4.79 Å². The Kier molecular flexibility index (Phi) is 4.65. The van der Waals surface area contributed by atoms with Gasteiger partial charge in [-0.25, -0.2) is 4.79 Å². The average molecular weight is 301 g/mol. The van der Waals surface area contributed by atoms with Gasteiger partial charge in [-0.15, -0.1) is 0 Å².